The Hall–Kier alpha value is -3.56. The zero-order valence-corrected chi connectivity index (χ0v) is 18.0. The van der Waals surface area contributed by atoms with Gasteiger partial charge in [0.15, 0.2) is 11.3 Å². The Morgan fingerprint density at radius 2 is 1.91 bits per heavy atom. The lowest BCUT2D eigenvalue weighted by atomic mass is 10.2. The molecule has 0 radical (unpaired) electrons. The number of carbonyl (C=O) groups excluding carboxylic acids is 1. The van der Waals surface area contributed by atoms with Crippen molar-refractivity contribution in [1.82, 2.24) is 14.1 Å². The summed E-state index contributed by atoms with van der Waals surface area (Å²) in [4.78, 5) is 54.8. The number of H-pyrrole nitrogens is 1. The average Bonchev–Trinajstić information content (AvgIpc) is 3.39. The van der Waals surface area contributed by atoms with Gasteiger partial charge in [-0.05, 0) is 31.4 Å². The molecule has 3 N–H and O–H groups in total. The van der Waals surface area contributed by atoms with Crippen molar-refractivity contribution in [3.05, 3.63) is 55.7 Å². The molecular formula is C22H27N5O5. The first-order valence-corrected chi connectivity index (χ1v) is 11.0. The van der Waals surface area contributed by atoms with Crippen LogP contribution in [0.25, 0.3) is 11.1 Å². The number of para-hydroxylation sites is 2. The third-order valence-electron chi connectivity index (χ3n) is 6.02. The van der Waals surface area contributed by atoms with Crippen molar-refractivity contribution in [3.8, 4) is 0 Å². The molecule has 2 heterocycles. The predicted octanol–water partition coefficient (Wildman–Crippen LogP) is 1.80. The maximum absolute atomic E-state index is 13.5. The monoisotopic (exact) mass is 441 g/mol. The van der Waals surface area contributed by atoms with E-state index < -0.39 is 22.9 Å². The number of unbranched alkanes of at least 4 members (excludes halogenated alkanes) is 1. The van der Waals surface area contributed by atoms with Gasteiger partial charge in [0.05, 0.1) is 5.52 Å². The molecule has 0 saturated heterocycles. The quantitative estimate of drug-likeness (QED) is 0.574. The van der Waals surface area contributed by atoms with Gasteiger partial charge in [0, 0.05) is 12.6 Å². The van der Waals surface area contributed by atoms with Crippen LogP contribution in [0.3, 0.4) is 0 Å². The summed E-state index contributed by atoms with van der Waals surface area (Å²) in [5.41, 5.74) is 5.83. The second kappa shape index (κ2) is 8.89. The number of nitrogens with zero attached hydrogens (tertiary/aromatic N) is 3. The minimum absolute atomic E-state index is 0.0292. The topological polar surface area (TPSA) is 136 Å². The first-order valence-electron chi connectivity index (χ1n) is 11.0. The Morgan fingerprint density at radius 3 is 2.62 bits per heavy atom. The van der Waals surface area contributed by atoms with Crippen LogP contribution in [0.1, 0.15) is 45.4 Å². The van der Waals surface area contributed by atoms with E-state index in [-0.39, 0.29) is 24.1 Å². The van der Waals surface area contributed by atoms with E-state index in [4.69, 9.17) is 10.2 Å². The number of aromatic nitrogens is 3. The molecule has 0 unspecified atom stereocenters. The largest absolute Gasteiger partial charge is 0.420 e. The number of fused-ring (bicyclic) bond motifs is 1. The fourth-order valence-electron chi connectivity index (χ4n) is 4.40. The summed E-state index contributed by atoms with van der Waals surface area (Å²) in [6.07, 6.45) is 4.78. The summed E-state index contributed by atoms with van der Waals surface area (Å²) < 4.78 is 7.78. The molecule has 0 atom stereocenters. The third-order valence-corrected chi connectivity index (χ3v) is 6.02. The SMILES string of the molecule is CCCCn1c(N)c(N(C(=O)Cn2c(=O)oc3ccccc32)C2CCCC2)c(=O)[nH]c1=O. The van der Waals surface area contributed by atoms with E-state index >= 15 is 0 Å². The number of nitrogens with one attached hydrogen (secondary N) is 1. The van der Waals surface area contributed by atoms with E-state index in [9.17, 15) is 19.2 Å². The van der Waals surface area contributed by atoms with Crippen molar-refractivity contribution < 1.29 is 9.21 Å². The molecule has 3 aromatic rings. The number of benzene rings is 1. The van der Waals surface area contributed by atoms with E-state index in [1.165, 1.54) is 14.0 Å². The second-order valence-electron chi connectivity index (χ2n) is 8.12. The van der Waals surface area contributed by atoms with Gasteiger partial charge in [0.25, 0.3) is 5.56 Å². The molecule has 1 aliphatic carbocycles. The minimum Gasteiger partial charge on any atom is -0.408 e. The molecule has 10 heteroatoms. The number of anilines is 2. The number of amides is 1. The Labute approximate surface area is 183 Å². The second-order valence-corrected chi connectivity index (χ2v) is 8.12. The molecule has 32 heavy (non-hydrogen) atoms. The fourth-order valence-corrected chi connectivity index (χ4v) is 4.40. The molecule has 1 amide bonds. The third kappa shape index (κ3) is 3.88. The van der Waals surface area contributed by atoms with E-state index in [0.29, 0.717) is 36.9 Å². The lowest BCUT2D eigenvalue weighted by molar-refractivity contribution is -0.119. The van der Waals surface area contributed by atoms with Crippen LogP contribution in [0, 0.1) is 0 Å². The van der Waals surface area contributed by atoms with Crippen molar-refractivity contribution in [2.45, 2.75) is 64.6 Å². The van der Waals surface area contributed by atoms with Gasteiger partial charge in [-0.15, -0.1) is 0 Å². The molecule has 4 rings (SSSR count). The zero-order chi connectivity index (χ0) is 22.8. The molecule has 2 aromatic heterocycles. The van der Waals surface area contributed by atoms with Gasteiger partial charge in [0.2, 0.25) is 5.91 Å². The van der Waals surface area contributed by atoms with Crippen molar-refractivity contribution in [2.75, 3.05) is 10.6 Å². The van der Waals surface area contributed by atoms with E-state index in [2.05, 4.69) is 4.98 Å². The summed E-state index contributed by atoms with van der Waals surface area (Å²) in [7, 11) is 0. The fraction of sp³-hybridized carbons (Fsp3) is 0.455. The van der Waals surface area contributed by atoms with Crippen LogP contribution in [0.5, 0.6) is 0 Å². The predicted molar refractivity (Wildman–Crippen MR) is 121 cm³/mol. The van der Waals surface area contributed by atoms with Crippen LogP contribution in [-0.2, 0) is 17.9 Å². The zero-order valence-electron chi connectivity index (χ0n) is 18.0. The van der Waals surface area contributed by atoms with Crippen LogP contribution < -0.4 is 27.6 Å². The van der Waals surface area contributed by atoms with E-state index in [1.807, 2.05) is 6.92 Å². The number of nitrogens with two attached hydrogens (primary N) is 1. The first-order chi connectivity index (χ1) is 15.4. The number of oxazole rings is 1. The highest BCUT2D eigenvalue weighted by Crippen LogP contribution is 2.29. The number of aromatic amines is 1. The first kappa shape index (κ1) is 21.7. The molecule has 1 fully saturated rings. The average molecular weight is 441 g/mol. The number of nitrogen functional groups attached to an aromatic ring is 1. The molecular weight excluding hydrogens is 414 g/mol. The minimum atomic E-state index is -0.704. The van der Waals surface area contributed by atoms with E-state index in [0.717, 1.165) is 19.3 Å². The van der Waals surface area contributed by atoms with Crippen molar-refractivity contribution in [2.24, 2.45) is 0 Å². The number of carbonyl (C=O) groups is 1. The van der Waals surface area contributed by atoms with Gasteiger partial charge in [0.1, 0.15) is 12.4 Å². The van der Waals surface area contributed by atoms with E-state index in [1.54, 1.807) is 24.3 Å². The number of rotatable bonds is 7. The highest BCUT2D eigenvalue weighted by atomic mass is 16.4. The molecule has 1 saturated carbocycles. The van der Waals surface area contributed by atoms with Gasteiger partial charge in [-0.3, -0.25) is 28.6 Å². The van der Waals surface area contributed by atoms with Crippen LogP contribution in [0.4, 0.5) is 11.5 Å². The normalized spacial score (nSPS) is 14.3. The summed E-state index contributed by atoms with van der Waals surface area (Å²) in [6, 6.07) is 6.59. The Kier molecular flexibility index (Phi) is 6.02. The van der Waals surface area contributed by atoms with Gasteiger partial charge in [-0.2, -0.15) is 0 Å². The highest BCUT2D eigenvalue weighted by molar-refractivity contribution is 5.96. The Bertz CT molecular complexity index is 1310. The van der Waals surface area contributed by atoms with Crippen LogP contribution in [0.2, 0.25) is 0 Å². The van der Waals surface area contributed by atoms with Crippen LogP contribution in [0.15, 0.2) is 43.1 Å². The van der Waals surface area contributed by atoms with Crippen molar-refractivity contribution in [3.63, 3.8) is 0 Å². The lowest BCUT2D eigenvalue weighted by Crippen LogP contribution is -2.47. The van der Waals surface area contributed by atoms with Crippen molar-refractivity contribution in [1.29, 1.82) is 0 Å². The molecule has 10 nitrogen and oxygen atoms in total. The molecule has 0 spiro atoms. The lowest BCUT2D eigenvalue weighted by Gasteiger charge is -2.30. The summed E-state index contributed by atoms with van der Waals surface area (Å²) in [5, 5.41) is 0. The highest BCUT2D eigenvalue weighted by Gasteiger charge is 2.33. The number of hydrogen-bond acceptors (Lipinski definition) is 6. The standard InChI is InChI=1S/C22H27N5O5/c1-2-3-12-25-19(23)18(20(29)24-21(25)30)27(14-8-4-5-9-14)17(28)13-26-15-10-6-7-11-16(15)32-22(26)31/h6-7,10-11,14H,2-5,8-9,12-13,23H2,1H3,(H,24,29,30). The van der Waals surface area contributed by atoms with Gasteiger partial charge < -0.3 is 10.2 Å². The summed E-state index contributed by atoms with van der Waals surface area (Å²) in [5.74, 6) is -1.14. The summed E-state index contributed by atoms with van der Waals surface area (Å²) in [6.45, 7) is 2.01. The maximum Gasteiger partial charge on any atom is 0.420 e. The molecule has 1 aromatic carbocycles. The summed E-state index contributed by atoms with van der Waals surface area (Å²) >= 11 is 0. The molecule has 170 valence electrons. The molecule has 0 aliphatic heterocycles. The maximum atomic E-state index is 13.5. The Balaban J connectivity index is 1.79. The molecule has 0 bridgehead atoms. The smallest absolute Gasteiger partial charge is 0.408 e. The van der Waals surface area contributed by atoms with Gasteiger partial charge in [-0.1, -0.05) is 38.3 Å². The van der Waals surface area contributed by atoms with Crippen LogP contribution in [-0.4, -0.2) is 26.1 Å². The Morgan fingerprint density at radius 1 is 1.19 bits per heavy atom. The number of hydrogen-bond donors (Lipinski definition) is 2. The van der Waals surface area contributed by atoms with Gasteiger partial charge >= 0.3 is 11.4 Å². The van der Waals surface area contributed by atoms with Gasteiger partial charge in [-0.25, -0.2) is 9.59 Å². The van der Waals surface area contributed by atoms with Crippen LogP contribution >= 0.6 is 0 Å². The van der Waals surface area contributed by atoms with Crippen molar-refractivity contribution >= 4 is 28.5 Å². The molecule has 1 aliphatic rings.